The standard InChI is InChI=1S/C26H30N2O2/c1-6-8-17-9-7-10-18(25(17)30)24-23-21(13-26(4,5)14-22(23)29)27-19-11-15(2)16(3)12-20(19)28-24/h6-7,9-12,24,27-28,30H,1,8,13-14H2,2-5H3/t24-/m0/s1. The second kappa shape index (κ2) is 7.35. The molecule has 0 saturated heterocycles. The van der Waals surface area contributed by atoms with E-state index in [1.54, 1.807) is 6.08 Å². The van der Waals surface area contributed by atoms with Gasteiger partial charge < -0.3 is 15.7 Å². The lowest BCUT2D eigenvalue weighted by atomic mass is 9.73. The third-order valence-electron chi connectivity index (χ3n) is 6.25. The third-order valence-corrected chi connectivity index (χ3v) is 6.25. The van der Waals surface area contributed by atoms with Crippen molar-refractivity contribution >= 4 is 17.2 Å². The van der Waals surface area contributed by atoms with Crippen LogP contribution >= 0.6 is 0 Å². The highest BCUT2D eigenvalue weighted by Crippen LogP contribution is 2.47. The molecule has 156 valence electrons. The molecule has 2 aliphatic rings. The fourth-order valence-corrected chi connectivity index (χ4v) is 4.61. The summed E-state index contributed by atoms with van der Waals surface area (Å²) in [4.78, 5) is 13.4. The lowest BCUT2D eigenvalue weighted by Gasteiger charge is -2.34. The molecule has 1 heterocycles. The molecule has 0 spiro atoms. The van der Waals surface area contributed by atoms with Crippen LogP contribution in [0.2, 0.25) is 0 Å². The monoisotopic (exact) mass is 402 g/mol. The summed E-state index contributed by atoms with van der Waals surface area (Å²) in [7, 11) is 0. The van der Waals surface area contributed by atoms with Gasteiger partial charge in [0.2, 0.25) is 0 Å². The van der Waals surface area contributed by atoms with Crippen LogP contribution in [-0.2, 0) is 11.2 Å². The lowest BCUT2D eigenvalue weighted by molar-refractivity contribution is -0.118. The molecule has 2 aromatic rings. The number of benzene rings is 2. The number of ketones is 1. The number of nitrogens with one attached hydrogen (secondary N) is 2. The quantitative estimate of drug-likeness (QED) is 0.555. The van der Waals surface area contributed by atoms with Crippen molar-refractivity contribution < 1.29 is 9.90 Å². The number of hydrogen-bond acceptors (Lipinski definition) is 4. The van der Waals surface area contributed by atoms with Crippen LogP contribution in [0.25, 0.3) is 0 Å². The number of carbonyl (C=O) groups excluding carboxylic acids is 1. The van der Waals surface area contributed by atoms with Crippen molar-refractivity contribution in [3.05, 3.63) is 76.5 Å². The van der Waals surface area contributed by atoms with Gasteiger partial charge in [0.1, 0.15) is 5.75 Å². The van der Waals surface area contributed by atoms with Gasteiger partial charge in [0.25, 0.3) is 0 Å². The minimum atomic E-state index is -0.413. The zero-order valence-electron chi connectivity index (χ0n) is 18.2. The molecule has 4 nitrogen and oxygen atoms in total. The van der Waals surface area contributed by atoms with E-state index in [2.05, 4.69) is 57.0 Å². The molecule has 1 aliphatic carbocycles. The van der Waals surface area contributed by atoms with Gasteiger partial charge >= 0.3 is 0 Å². The minimum absolute atomic E-state index is 0.107. The summed E-state index contributed by atoms with van der Waals surface area (Å²) >= 11 is 0. The number of anilines is 2. The van der Waals surface area contributed by atoms with Crippen molar-refractivity contribution in [2.24, 2.45) is 5.41 Å². The topological polar surface area (TPSA) is 61.4 Å². The van der Waals surface area contributed by atoms with Crippen molar-refractivity contribution in [3.8, 4) is 5.75 Å². The molecule has 0 fully saturated rings. The molecule has 4 heteroatoms. The summed E-state index contributed by atoms with van der Waals surface area (Å²) in [6.07, 6.45) is 3.63. The molecular formula is C26H30N2O2. The molecule has 1 aliphatic heterocycles. The highest BCUT2D eigenvalue weighted by molar-refractivity contribution is 6.01. The van der Waals surface area contributed by atoms with Gasteiger partial charge in [0.15, 0.2) is 5.78 Å². The molecule has 2 aromatic carbocycles. The van der Waals surface area contributed by atoms with E-state index in [0.29, 0.717) is 12.8 Å². The number of para-hydroxylation sites is 1. The van der Waals surface area contributed by atoms with Gasteiger partial charge in [-0.05, 0) is 60.9 Å². The van der Waals surface area contributed by atoms with Gasteiger partial charge in [-0.3, -0.25) is 4.79 Å². The average molecular weight is 403 g/mol. The fraction of sp³-hybridized carbons (Fsp3) is 0.346. The zero-order valence-corrected chi connectivity index (χ0v) is 18.2. The molecule has 1 atom stereocenters. The Morgan fingerprint density at radius 1 is 1.17 bits per heavy atom. The smallest absolute Gasteiger partial charge is 0.163 e. The van der Waals surface area contributed by atoms with Crippen molar-refractivity contribution in [1.82, 2.24) is 0 Å². The lowest BCUT2D eigenvalue weighted by Crippen LogP contribution is -2.31. The highest BCUT2D eigenvalue weighted by Gasteiger charge is 2.39. The van der Waals surface area contributed by atoms with Crippen LogP contribution in [0.15, 0.2) is 54.3 Å². The van der Waals surface area contributed by atoms with Crippen LogP contribution in [0.4, 0.5) is 11.4 Å². The summed E-state index contributed by atoms with van der Waals surface area (Å²) in [6.45, 7) is 12.2. The van der Waals surface area contributed by atoms with Gasteiger partial charge in [-0.15, -0.1) is 6.58 Å². The van der Waals surface area contributed by atoms with Gasteiger partial charge in [-0.25, -0.2) is 0 Å². The second-order valence-electron chi connectivity index (χ2n) is 9.37. The Hall–Kier alpha value is -3.01. The van der Waals surface area contributed by atoms with E-state index < -0.39 is 6.04 Å². The number of carbonyl (C=O) groups is 1. The van der Waals surface area contributed by atoms with E-state index in [0.717, 1.165) is 40.2 Å². The molecule has 30 heavy (non-hydrogen) atoms. The molecule has 4 rings (SSSR count). The number of allylic oxidation sites excluding steroid dienone is 2. The SMILES string of the molecule is C=CCc1cccc([C@@H]2Nc3cc(C)c(C)cc3NC3=C2C(=O)CC(C)(C)C3)c1O. The third kappa shape index (κ3) is 3.51. The highest BCUT2D eigenvalue weighted by atomic mass is 16.3. The average Bonchev–Trinajstić information content (AvgIpc) is 2.79. The van der Waals surface area contributed by atoms with E-state index in [4.69, 9.17) is 0 Å². The van der Waals surface area contributed by atoms with Gasteiger partial charge in [-0.2, -0.15) is 0 Å². The maximum absolute atomic E-state index is 13.4. The number of hydrogen-bond donors (Lipinski definition) is 3. The first-order valence-corrected chi connectivity index (χ1v) is 10.5. The summed E-state index contributed by atoms with van der Waals surface area (Å²) < 4.78 is 0. The molecular weight excluding hydrogens is 372 g/mol. The molecule has 0 bridgehead atoms. The number of aryl methyl sites for hydroxylation is 2. The Morgan fingerprint density at radius 3 is 2.57 bits per heavy atom. The predicted molar refractivity (Wildman–Crippen MR) is 123 cm³/mol. The van der Waals surface area contributed by atoms with E-state index in [-0.39, 0.29) is 16.9 Å². The first-order valence-electron chi connectivity index (χ1n) is 10.5. The zero-order chi connectivity index (χ0) is 21.6. The van der Waals surface area contributed by atoms with Crippen molar-refractivity contribution in [1.29, 1.82) is 0 Å². The number of phenolic OH excluding ortho intramolecular Hbond substituents is 1. The maximum Gasteiger partial charge on any atom is 0.163 e. The number of rotatable bonds is 3. The normalized spacial score (nSPS) is 19.9. The Bertz CT molecular complexity index is 1080. The molecule has 0 radical (unpaired) electrons. The van der Waals surface area contributed by atoms with Crippen LogP contribution in [0.3, 0.4) is 0 Å². The molecule has 0 aromatic heterocycles. The number of aromatic hydroxyl groups is 1. The van der Waals surface area contributed by atoms with Crippen molar-refractivity contribution in [2.75, 3.05) is 10.6 Å². The van der Waals surface area contributed by atoms with Crippen LogP contribution in [-0.4, -0.2) is 10.9 Å². The molecule has 0 unspecified atom stereocenters. The Balaban J connectivity index is 1.93. The van der Waals surface area contributed by atoms with Gasteiger partial charge in [0.05, 0.1) is 17.4 Å². The Kier molecular flexibility index (Phi) is 4.97. The number of Topliss-reactive ketones (excluding diaryl/α,β-unsaturated/α-hetero) is 1. The van der Waals surface area contributed by atoms with Crippen LogP contribution in [0.5, 0.6) is 5.75 Å². The summed E-state index contributed by atoms with van der Waals surface area (Å²) in [5.74, 6) is 0.354. The van der Waals surface area contributed by atoms with Crippen LogP contribution in [0.1, 0.15) is 55.0 Å². The minimum Gasteiger partial charge on any atom is -0.507 e. The largest absolute Gasteiger partial charge is 0.507 e. The summed E-state index contributed by atoms with van der Waals surface area (Å²) in [5.41, 5.74) is 7.40. The van der Waals surface area contributed by atoms with E-state index >= 15 is 0 Å². The van der Waals surface area contributed by atoms with Crippen LogP contribution < -0.4 is 10.6 Å². The molecule has 0 saturated carbocycles. The Morgan fingerprint density at radius 2 is 1.87 bits per heavy atom. The van der Waals surface area contributed by atoms with Crippen molar-refractivity contribution in [2.45, 2.75) is 53.0 Å². The van der Waals surface area contributed by atoms with E-state index in [1.165, 1.54) is 11.1 Å². The number of fused-ring (bicyclic) bond motifs is 1. The molecule has 3 N–H and O–H groups in total. The van der Waals surface area contributed by atoms with E-state index in [1.807, 2.05) is 18.2 Å². The van der Waals surface area contributed by atoms with Crippen molar-refractivity contribution in [3.63, 3.8) is 0 Å². The van der Waals surface area contributed by atoms with Gasteiger partial charge in [-0.1, -0.05) is 38.1 Å². The summed E-state index contributed by atoms with van der Waals surface area (Å²) in [5, 5.41) is 18.2. The predicted octanol–water partition coefficient (Wildman–Crippen LogP) is 5.96. The molecule has 0 amide bonds. The summed E-state index contributed by atoms with van der Waals surface area (Å²) in [6, 6.07) is 9.58. The number of phenols is 1. The Labute approximate surface area is 178 Å². The van der Waals surface area contributed by atoms with E-state index in [9.17, 15) is 9.90 Å². The fourth-order valence-electron chi connectivity index (χ4n) is 4.61. The first-order chi connectivity index (χ1) is 14.2. The maximum atomic E-state index is 13.4. The van der Waals surface area contributed by atoms with Crippen LogP contribution in [0, 0.1) is 19.3 Å². The first kappa shape index (κ1) is 20.3. The van der Waals surface area contributed by atoms with Gasteiger partial charge in [0, 0.05) is 23.3 Å². The second-order valence-corrected chi connectivity index (χ2v) is 9.37.